The lowest BCUT2D eigenvalue weighted by Gasteiger charge is -2.12. The zero-order valence-corrected chi connectivity index (χ0v) is 14.7. The smallest absolute Gasteiger partial charge is 0.326 e. The molecule has 136 valence electrons. The summed E-state index contributed by atoms with van der Waals surface area (Å²) in [7, 11) is 0. The number of nitrogens with zero attached hydrogens (tertiary/aromatic N) is 1. The lowest BCUT2D eigenvalue weighted by molar-refractivity contribution is -0.124. The second kappa shape index (κ2) is 7.99. The number of para-hydroxylation sites is 2. The molecule has 0 spiro atoms. The number of hydrogen-bond acceptors (Lipinski definition) is 2. The Kier molecular flexibility index (Phi) is 5.51. The third-order valence-electron chi connectivity index (χ3n) is 4.44. The van der Waals surface area contributed by atoms with Gasteiger partial charge in [0, 0.05) is 19.0 Å². The van der Waals surface area contributed by atoms with Gasteiger partial charge in [-0.3, -0.25) is 9.36 Å². The molecule has 26 heavy (non-hydrogen) atoms. The molecule has 0 radical (unpaired) electrons. The van der Waals surface area contributed by atoms with E-state index in [9.17, 15) is 14.0 Å². The second-order valence-electron chi connectivity index (χ2n) is 6.48. The van der Waals surface area contributed by atoms with Crippen LogP contribution in [0.3, 0.4) is 0 Å². The zero-order valence-electron chi connectivity index (χ0n) is 14.7. The average molecular weight is 355 g/mol. The number of amides is 1. The fourth-order valence-corrected chi connectivity index (χ4v) is 3.02. The van der Waals surface area contributed by atoms with Crippen LogP contribution in [0.25, 0.3) is 11.0 Å². The molecule has 0 aliphatic rings. The van der Waals surface area contributed by atoms with Crippen LogP contribution in [-0.4, -0.2) is 22.0 Å². The number of hydrogen-bond donors (Lipinski definition) is 2. The van der Waals surface area contributed by atoms with Crippen molar-refractivity contribution in [1.29, 1.82) is 0 Å². The van der Waals surface area contributed by atoms with Gasteiger partial charge in [0.1, 0.15) is 5.82 Å². The molecule has 1 unspecified atom stereocenters. The van der Waals surface area contributed by atoms with Crippen molar-refractivity contribution >= 4 is 16.9 Å². The van der Waals surface area contributed by atoms with Gasteiger partial charge in [0.15, 0.2) is 0 Å². The third kappa shape index (κ3) is 4.20. The summed E-state index contributed by atoms with van der Waals surface area (Å²) >= 11 is 0. The molecule has 0 bridgehead atoms. The van der Waals surface area contributed by atoms with Gasteiger partial charge in [0.25, 0.3) is 0 Å². The molecule has 1 atom stereocenters. The lowest BCUT2D eigenvalue weighted by Crippen LogP contribution is -2.32. The molecule has 5 nitrogen and oxygen atoms in total. The predicted octanol–water partition coefficient (Wildman–Crippen LogP) is 2.85. The highest BCUT2D eigenvalue weighted by Crippen LogP contribution is 2.11. The van der Waals surface area contributed by atoms with E-state index in [-0.39, 0.29) is 23.3 Å². The molecule has 2 aromatic carbocycles. The summed E-state index contributed by atoms with van der Waals surface area (Å²) in [5.74, 6) is -0.518. The first-order chi connectivity index (χ1) is 12.5. The highest BCUT2D eigenvalue weighted by Gasteiger charge is 2.13. The van der Waals surface area contributed by atoms with Crippen molar-refractivity contribution in [1.82, 2.24) is 14.9 Å². The largest absolute Gasteiger partial charge is 0.356 e. The minimum absolute atomic E-state index is 0.0411. The summed E-state index contributed by atoms with van der Waals surface area (Å²) in [5.41, 5.74) is 2.48. The summed E-state index contributed by atoms with van der Waals surface area (Å²) in [5, 5.41) is 2.91. The van der Waals surface area contributed by atoms with Crippen LogP contribution in [-0.2, 0) is 17.8 Å². The maximum Gasteiger partial charge on any atom is 0.326 e. The Morgan fingerprint density at radius 2 is 1.92 bits per heavy atom. The van der Waals surface area contributed by atoms with Gasteiger partial charge in [-0.2, -0.15) is 0 Å². The molecular formula is C20H22FN3O2. The van der Waals surface area contributed by atoms with E-state index in [0.29, 0.717) is 25.9 Å². The highest BCUT2D eigenvalue weighted by atomic mass is 19.1. The van der Waals surface area contributed by atoms with Gasteiger partial charge >= 0.3 is 5.69 Å². The fraction of sp³-hybridized carbons (Fsp3) is 0.300. The van der Waals surface area contributed by atoms with Crippen molar-refractivity contribution in [2.75, 3.05) is 6.54 Å². The second-order valence-corrected chi connectivity index (χ2v) is 6.48. The van der Waals surface area contributed by atoms with Crippen LogP contribution in [0.15, 0.2) is 53.3 Å². The fourth-order valence-electron chi connectivity index (χ4n) is 3.02. The molecule has 6 heteroatoms. The Bertz CT molecular complexity index is 944. The topological polar surface area (TPSA) is 66.9 Å². The summed E-state index contributed by atoms with van der Waals surface area (Å²) < 4.78 is 14.6. The quantitative estimate of drug-likeness (QED) is 0.640. The van der Waals surface area contributed by atoms with Crippen LogP contribution in [0, 0.1) is 11.7 Å². The van der Waals surface area contributed by atoms with Crippen molar-refractivity contribution < 1.29 is 9.18 Å². The Morgan fingerprint density at radius 1 is 1.19 bits per heavy atom. The van der Waals surface area contributed by atoms with Gasteiger partial charge in [-0.05, 0) is 42.7 Å². The monoisotopic (exact) mass is 355 g/mol. The molecule has 1 aromatic heterocycles. The van der Waals surface area contributed by atoms with Crippen LogP contribution in [0.4, 0.5) is 4.39 Å². The van der Waals surface area contributed by atoms with Crippen molar-refractivity contribution in [3.63, 3.8) is 0 Å². The SMILES string of the molecule is CC(Cc1ccc(F)cc1)C(=O)NCCCn1c(=O)[nH]c2ccccc21. The minimum Gasteiger partial charge on any atom is -0.356 e. The molecule has 2 N–H and O–H groups in total. The van der Waals surface area contributed by atoms with E-state index in [1.807, 2.05) is 31.2 Å². The average Bonchev–Trinajstić information content (AvgIpc) is 2.95. The van der Waals surface area contributed by atoms with Gasteiger partial charge < -0.3 is 10.3 Å². The number of nitrogens with one attached hydrogen (secondary N) is 2. The van der Waals surface area contributed by atoms with Gasteiger partial charge in [-0.25, -0.2) is 9.18 Å². The predicted molar refractivity (Wildman–Crippen MR) is 99.5 cm³/mol. The molecule has 0 saturated heterocycles. The zero-order chi connectivity index (χ0) is 18.5. The number of halogens is 1. The first kappa shape index (κ1) is 17.9. The molecule has 0 aliphatic heterocycles. The molecule has 0 fully saturated rings. The van der Waals surface area contributed by atoms with Crippen LogP contribution in [0.2, 0.25) is 0 Å². The first-order valence-electron chi connectivity index (χ1n) is 8.74. The van der Waals surface area contributed by atoms with E-state index in [2.05, 4.69) is 10.3 Å². The Hall–Kier alpha value is -2.89. The molecule has 1 amide bonds. The number of H-pyrrole nitrogens is 1. The van der Waals surface area contributed by atoms with E-state index in [1.54, 1.807) is 16.7 Å². The van der Waals surface area contributed by atoms with E-state index in [0.717, 1.165) is 16.6 Å². The molecule has 0 saturated carbocycles. The van der Waals surface area contributed by atoms with Gasteiger partial charge in [-0.1, -0.05) is 31.2 Å². The highest BCUT2D eigenvalue weighted by molar-refractivity contribution is 5.78. The van der Waals surface area contributed by atoms with Gasteiger partial charge in [-0.15, -0.1) is 0 Å². The Morgan fingerprint density at radius 3 is 2.69 bits per heavy atom. The number of carbonyl (C=O) groups is 1. The van der Waals surface area contributed by atoms with Crippen LogP contribution in [0.5, 0.6) is 0 Å². The van der Waals surface area contributed by atoms with Gasteiger partial charge in [0.2, 0.25) is 5.91 Å². The summed E-state index contributed by atoms with van der Waals surface area (Å²) in [4.78, 5) is 27.0. The number of aromatic amines is 1. The van der Waals surface area contributed by atoms with Crippen LogP contribution >= 0.6 is 0 Å². The van der Waals surface area contributed by atoms with E-state index < -0.39 is 0 Å². The number of imidazole rings is 1. The summed E-state index contributed by atoms with van der Waals surface area (Å²) in [6.07, 6.45) is 1.23. The number of fused-ring (bicyclic) bond motifs is 1. The van der Waals surface area contributed by atoms with Crippen LogP contribution < -0.4 is 11.0 Å². The molecular weight excluding hydrogens is 333 g/mol. The molecule has 3 rings (SSSR count). The molecule has 0 aliphatic carbocycles. The van der Waals surface area contributed by atoms with Crippen LogP contribution in [0.1, 0.15) is 18.9 Å². The standard InChI is InChI=1S/C20H22FN3O2/c1-14(13-15-7-9-16(21)10-8-15)19(25)22-11-4-12-24-18-6-3-2-5-17(18)23-20(24)26/h2-3,5-10,14H,4,11-13H2,1H3,(H,22,25)(H,23,26). The Labute approximate surface area is 150 Å². The van der Waals surface area contributed by atoms with E-state index in [4.69, 9.17) is 0 Å². The number of benzene rings is 2. The summed E-state index contributed by atoms with van der Waals surface area (Å²) in [6.45, 7) is 2.89. The third-order valence-corrected chi connectivity index (χ3v) is 4.44. The lowest BCUT2D eigenvalue weighted by atomic mass is 10.0. The van der Waals surface area contributed by atoms with Crippen molar-refractivity contribution in [3.8, 4) is 0 Å². The van der Waals surface area contributed by atoms with E-state index >= 15 is 0 Å². The van der Waals surface area contributed by atoms with Crippen molar-refractivity contribution in [2.24, 2.45) is 5.92 Å². The summed E-state index contributed by atoms with van der Waals surface area (Å²) in [6, 6.07) is 13.7. The normalized spacial score (nSPS) is 12.2. The molecule has 3 aromatic rings. The number of rotatable bonds is 7. The van der Waals surface area contributed by atoms with Gasteiger partial charge in [0.05, 0.1) is 11.0 Å². The molecule has 1 heterocycles. The van der Waals surface area contributed by atoms with E-state index in [1.165, 1.54) is 12.1 Å². The maximum atomic E-state index is 12.9. The maximum absolute atomic E-state index is 12.9. The van der Waals surface area contributed by atoms with Crippen molar-refractivity contribution in [2.45, 2.75) is 26.3 Å². The Balaban J connectivity index is 1.48. The number of aromatic nitrogens is 2. The minimum atomic E-state index is -0.279. The first-order valence-corrected chi connectivity index (χ1v) is 8.74. The number of aryl methyl sites for hydroxylation is 1. The van der Waals surface area contributed by atoms with Crippen molar-refractivity contribution in [3.05, 3.63) is 70.4 Å². The number of carbonyl (C=O) groups excluding carboxylic acids is 1.